The Morgan fingerprint density at radius 2 is 2.00 bits per heavy atom. The summed E-state index contributed by atoms with van der Waals surface area (Å²) in [5.74, 6) is 2.61. The number of hydrogen-bond acceptors (Lipinski definition) is 3. The predicted octanol–water partition coefficient (Wildman–Crippen LogP) is 3.01. The van der Waals surface area contributed by atoms with Crippen LogP contribution in [-0.4, -0.2) is 47.8 Å². The highest BCUT2D eigenvalue weighted by Gasteiger charge is 2.31. The van der Waals surface area contributed by atoms with Gasteiger partial charge in [0.1, 0.15) is 0 Å². The Morgan fingerprint density at radius 3 is 2.58 bits per heavy atom. The van der Waals surface area contributed by atoms with Gasteiger partial charge in [-0.15, -0.1) is 24.0 Å². The average molecular weight is 463 g/mol. The molecular weight excluding hydrogens is 433 g/mol. The minimum Gasteiger partial charge on any atom is -0.387 e. The van der Waals surface area contributed by atoms with Crippen molar-refractivity contribution in [1.29, 1.82) is 0 Å². The third kappa shape index (κ3) is 6.44. The summed E-state index contributed by atoms with van der Waals surface area (Å²) < 4.78 is 0. The van der Waals surface area contributed by atoms with E-state index < -0.39 is 5.60 Å². The first kappa shape index (κ1) is 21.6. The van der Waals surface area contributed by atoms with E-state index in [1.165, 1.54) is 5.56 Å². The van der Waals surface area contributed by atoms with Gasteiger partial charge in [-0.05, 0) is 24.7 Å². The van der Waals surface area contributed by atoms with Gasteiger partial charge in [0.15, 0.2) is 5.96 Å². The van der Waals surface area contributed by atoms with Gasteiger partial charge in [0.25, 0.3) is 0 Å². The van der Waals surface area contributed by atoms with Crippen molar-refractivity contribution in [3.63, 3.8) is 0 Å². The highest BCUT2D eigenvalue weighted by atomic mass is 127. The normalized spacial score (nSPS) is 21.2. The second-order valence-electron chi connectivity index (χ2n) is 6.83. The van der Waals surface area contributed by atoms with Crippen molar-refractivity contribution in [3.05, 3.63) is 35.9 Å². The number of guanidine groups is 1. The number of nitrogens with zero attached hydrogens (tertiary/aromatic N) is 1. The smallest absolute Gasteiger partial charge is 0.191 e. The summed E-state index contributed by atoms with van der Waals surface area (Å²) in [6.45, 7) is 8.52. The third-order valence-corrected chi connectivity index (χ3v) is 5.43. The van der Waals surface area contributed by atoms with Crippen LogP contribution in [0.2, 0.25) is 0 Å². The van der Waals surface area contributed by atoms with Crippen molar-refractivity contribution < 1.29 is 5.11 Å². The third-order valence-electron chi connectivity index (χ3n) is 4.20. The first-order chi connectivity index (χ1) is 11.0. The summed E-state index contributed by atoms with van der Waals surface area (Å²) in [7, 11) is 0. The molecule has 24 heavy (non-hydrogen) atoms. The van der Waals surface area contributed by atoms with Gasteiger partial charge in [-0.3, -0.25) is 4.99 Å². The molecule has 0 amide bonds. The maximum atomic E-state index is 10.4. The molecular formula is C18H30IN3OS. The lowest BCUT2D eigenvalue weighted by atomic mass is 9.85. The molecule has 0 aromatic heterocycles. The standard InChI is InChI=1S/C18H29N3OS.HI/c1-4-19-16(21-13-18(22)10-11-23-14-18)20-12-17(2,3)15-8-6-5-7-9-15;/h5-9,22H,4,10-14H2,1-3H3,(H2,19,20,21);1H. The largest absolute Gasteiger partial charge is 0.387 e. The highest BCUT2D eigenvalue weighted by molar-refractivity contribution is 14.0. The summed E-state index contributed by atoms with van der Waals surface area (Å²) >= 11 is 1.81. The van der Waals surface area contributed by atoms with Crippen molar-refractivity contribution in [1.82, 2.24) is 10.6 Å². The highest BCUT2D eigenvalue weighted by Crippen LogP contribution is 2.27. The van der Waals surface area contributed by atoms with Gasteiger partial charge in [-0.25, -0.2) is 0 Å². The lowest BCUT2D eigenvalue weighted by molar-refractivity contribution is 0.0724. The molecule has 1 aliphatic rings. The Morgan fingerprint density at radius 1 is 1.29 bits per heavy atom. The van der Waals surface area contributed by atoms with E-state index in [1.807, 2.05) is 17.8 Å². The maximum Gasteiger partial charge on any atom is 0.191 e. The van der Waals surface area contributed by atoms with Crippen molar-refractivity contribution in [2.45, 2.75) is 38.2 Å². The number of hydrogen-bond donors (Lipinski definition) is 3. The molecule has 0 radical (unpaired) electrons. The molecule has 3 N–H and O–H groups in total. The quantitative estimate of drug-likeness (QED) is 0.345. The zero-order valence-corrected chi connectivity index (χ0v) is 18.0. The molecule has 1 aromatic carbocycles. The molecule has 6 heteroatoms. The summed E-state index contributed by atoms with van der Waals surface area (Å²) in [5, 5.41) is 17.0. The molecule has 1 unspecified atom stereocenters. The zero-order chi connectivity index (χ0) is 16.8. The molecule has 136 valence electrons. The lowest BCUT2D eigenvalue weighted by Gasteiger charge is -2.25. The topological polar surface area (TPSA) is 56.7 Å². The van der Waals surface area contributed by atoms with E-state index in [4.69, 9.17) is 4.99 Å². The van der Waals surface area contributed by atoms with Crippen molar-refractivity contribution in [2.75, 3.05) is 31.1 Å². The molecule has 1 aliphatic heterocycles. The Hall–Kier alpha value is -0.470. The molecule has 0 bridgehead atoms. The fraction of sp³-hybridized carbons (Fsp3) is 0.611. The Labute approximate surface area is 167 Å². The second-order valence-corrected chi connectivity index (χ2v) is 7.93. The van der Waals surface area contributed by atoms with Crippen LogP contribution in [-0.2, 0) is 5.41 Å². The number of aliphatic hydroxyl groups is 1. The monoisotopic (exact) mass is 463 g/mol. The molecule has 0 spiro atoms. The number of nitrogens with one attached hydrogen (secondary N) is 2. The lowest BCUT2D eigenvalue weighted by Crippen LogP contribution is -2.47. The SMILES string of the molecule is CCNC(=NCC(C)(C)c1ccccc1)NCC1(O)CCSC1.I. The Bertz CT molecular complexity index is 516. The summed E-state index contributed by atoms with van der Waals surface area (Å²) in [6.07, 6.45) is 0.847. The van der Waals surface area contributed by atoms with Crippen LogP contribution in [0.25, 0.3) is 0 Å². The molecule has 2 rings (SSSR count). The minimum absolute atomic E-state index is 0. The molecule has 1 saturated heterocycles. The molecule has 4 nitrogen and oxygen atoms in total. The molecule has 0 saturated carbocycles. The second kappa shape index (κ2) is 9.87. The van der Waals surface area contributed by atoms with E-state index in [9.17, 15) is 5.11 Å². The van der Waals surface area contributed by atoms with E-state index in [0.29, 0.717) is 13.1 Å². The summed E-state index contributed by atoms with van der Waals surface area (Å²) in [5.41, 5.74) is 0.657. The predicted molar refractivity (Wildman–Crippen MR) is 116 cm³/mol. The van der Waals surface area contributed by atoms with Crippen molar-refractivity contribution in [2.24, 2.45) is 4.99 Å². The fourth-order valence-corrected chi connectivity index (χ4v) is 3.88. The van der Waals surface area contributed by atoms with Crippen LogP contribution in [0, 0.1) is 0 Å². The van der Waals surface area contributed by atoms with Crippen LogP contribution in [0.4, 0.5) is 0 Å². The zero-order valence-electron chi connectivity index (χ0n) is 14.8. The van der Waals surface area contributed by atoms with Gasteiger partial charge in [-0.1, -0.05) is 44.2 Å². The van der Waals surface area contributed by atoms with E-state index in [-0.39, 0.29) is 29.4 Å². The molecule has 0 aliphatic carbocycles. The summed E-state index contributed by atoms with van der Waals surface area (Å²) in [4.78, 5) is 4.73. The molecule has 1 heterocycles. The van der Waals surface area contributed by atoms with Gasteiger partial charge in [-0.2, -0.15) is 11.8 Å². The number of aliphatic imine (C=N–C) groups is 1. The van der Waals surface area contributed by atoms with Crippen LogP contribution in [0.1, 0.15) is 32.8 Å². The van der Waals surface area contributed by atoms with E-state index in [1.54, 1.807) is 0 Å². The molecule has 1 aromatic rings. The van der Waals surface area contributed by atoms with E-state index in [0.717, 1.165) is 30.4 Å². The molecule has 1 fully saturated rings. The number of rotatable bonds is 6. The number of benzene rings is 1. The van der Waals surface area contributed by atoms with Gasteiger partial charge in [0, 0.05) is 24.3 Å². The van der Waals surface area contributed by atoms with Crippen LogP contribution in [0.3, 0.4) is 0 Å². The average Bonchev–Trinajstić information content (AvgIpc) is 2.98. The van der Waals surface area contributed by atoms with Crippen molar-refractivity contribution >= 4 is 41.7 Å². The fourth-order valence-electron chi connectivity index (χ4n) is 2.58. The van der Waals surface area contributed by atoms with Gasteiger partial charge >= 0.3 is 0 Å². The minimum atomic E-state index is -0.601. The van der Waals surface area contributed by atoms with Gasteiger partial charge in [0.2, 0.25) is 0 Å². The maximum absolute atomic E-state index is 10.4. The molecule has 1 atom stereocenters. The van der Waals surface area contributed by atoms with Crippen LogP contribution < -0.4 is 10.6 Å². The van der Waals surface area contributed by atoms with E-state index >= 15 is 0 Å². The van der Waals surface area contributed by atoms with E-state index in [2.05, 4.69) is 55.7 Å². The Balaban J connectivity index is 0.00000288. The van der Waals surface area contributed by atoms with Gasteiger partial charge < -0.3 is 15.7 Å². The van der Waals surface area contributed by atoms with Crippen LogP contribution >= 0.6 is 35.7 Å². The number of thioether (sulfide) groups is 1. The summed E-state index contributed by atoms with van der Waals surface area (Å²) in [6, 6.07) is 10.5. The van der Waals surface area contributed by atoms with Crippen molar-refractivity contribution in [3.8, 4) is 0 Å². The first-order valence-corrected chi connectivity index (χ1v) is 9.48. The van der Waals surface area contributed by atoms with Gasteiger partial charge in [0.05, 0.1) is 12.1 Å². The number of halogens is 1. The van der Waals surface area contributed by atoms with Crippen LogP contribution in [0.15, 0.2) is 35.3 Å². The first-order valence-electron chi connectivity index (χ1n) is 8.33. The Kier molecular flexibility index (Phi) is 8.87. The van der Waals surface area contributed by atoms with Crippen LogP contribution in [0.5, 0.6) is 0 Å².